The molecule has 1 saturated carbocycles. The molecule has 6 heteroatoms. The maximum absolute atomic E-state index is 12.6. The Kier molecular flexibility index (Phi) is 4.33. The SMILES string of the molecule is N#CC(Cc1ccc2c(c1)[nH]c(=O)c1ccccc12)NC(=O)[C@H]1N[C@@H]2CCC1C2. The van der Waals surface area contributed by atoms with E-state index in [1.165, 1.54) is 0 Å². The number of fused-ring (bicyclic) bond motifs is 5. The number of hydrogen-bond acceptors (Lipinski definition) is 4. The van der Waals surface area contributed by atoms with Crippen molar-refractivity contribution in [1.82, 2.24) is 15.6 Å². The fourth-order valence-corrected chi connectivity index (χ4v) is 4.94. The minimum absolute atomic E-state index is 0.0797. The standard InChI is InChI=1S/C23H22N4O2/c24-12-16(26-23(29)21-14-6-7-15(11-14)25-21)9-13-5-8-18-17-3-1-2-4-19(17)22(28)27-20(18)10-13/h1-5,8,10,14-16,21,25H,6-7,9,11H2,(H,26,29)(H,27,28)/t14?,15-,16?,21+/m1/s1. The normalized spacial score (nSPS) is 23.9. The number of carbonyl (C=O) groups excluding carboxylic acids is 1. The van der Waals surface area contributed by atoms with Crippen LogP contribution in [0.1, 0.15) is 24.8 Å². The topological polar surface area (TPSA) is 97.8 Å². The molecule has 5 rings (SSSR count). The van der Waals surface area contributed by atoms with Gasteiger partial charge in [0, 0.05) is 28.8 Å². The molecule has 2 aliphatic rings. The van der Waals surface area contributed by atoms with E-state index in [2.05, 4.69) is 21.7 Å². The molecule has 0 radical (unpaired) electrons. The molecule has 146 valence electrons. The van der Waals surface area contributed by atoms with Crippen molar-refractivity contribution in [2.24, 2.45) is 5.92 Å². The number of benzene rings is 2. The molecule has 2 aromatic carbocycles. The molecule has 1 aliphatic carbocycles. The van der Waals surface area contributed by atoms with Crippen LogP contribution in [0.5, 0.6) is 0 Å². The van der Waals surface area contributed by atoms with E-state index in [4.69, 9.17) is 0 Å². The summed E-state index contributed by atoms with van der Waals surface area (Å²) in [5, 5.41) is 18.4. The fourth-order valence-electron chi connectivity index (χ4n) is 4.94. The van der Waals surface area contributed by atoms with E-state index >= 15 is 0 Å². The molecule has 6 nitrogen and oxygen atoms in total. The summed E-state index contributed by atoms with van der Waals surface area (Å²) in [6.07, 6.45) is 3.67. The highest BCUT2D eigenvalue weighted by Gasteiger charge is 2.43. The fraction of sp³-hybridized carbons (Fsp3) is 0.348. The number of nitrogens with one attached hydrogen (secondary N) is 3. The lowest BCUT2D eigenvalue weighted by molar-refractivity contribution is -0.124. The summed E-state index contributed by atoms with van der Waals surface area (Å²) in [4.78, 5) is 27.9. The predicted molar refractivity (Wildman–Crippen MR) is 111 cm³/mol. The van der Waals surface area contributed by atoms with Gasteiger partial charge in [-0.2, -0.15) is 5.26 Å². The molecule has 2 fully saturated rings. The average Bonchev–Trinajstić information content (AvgIpc) is 3.37. The smallest absolute Gasteiger partial charge is 0.256 e. The van der Waals surface area contributed by atoms with Crippen molar-refractivity contribution in [3.05, 3.63) is 58.4 Å². The van der Waals surface area contributed by atoms with Gasteiger partial charge in [-0.25, -0.2) is 0 Å². The van der Waals surface area contributed by atoms with Gasteiger partial charge in [-0.15, -0.1) is 0 Å². The molecule has 1 aliphatic heterocycles. The van der Waals surface area contributed by atoms with Crippen molar-refractivity contribution in [3.63, 3.8) is 0 Å². The van der Waals surface area contributed by atoms with Crippen LogP contribution in [0.15, 0.2) is 47.3 Å². The van der Waals surface area contributed by atoms with Crippen molar-refractivity contribution in [2.75, 3.05) is 0 Å². The summed E-state index contributed by atoms with van der Waals surface area (Å²) < 4.78 is 0. The van der Waals surface area contributed by atoms with Gasteiger partial charge < -0.3 is 15.6 Å². The van der Waals surface area contributed by atoms with E-state index in [0.29, 0.717) is 23.8 Å². The van der Waals surface area contributed by atoms with E-state index in [0.717, 1.165) is 41.1 Å². The van der Waals surface area contributed by atoms with Crippen molar-refractivity contribution in [3.8, 4) is 6.07 Å². The molecule has 3 N–H and O–H groups in total. The molecule has 4 atom stereocenters. The minimum Gasteiger partial charge on any atom is -0.339 e. The van der Waals surface area contributed by atoms with E-state index in [1.807, 2.05) is 42.5 Å². The summed E-state index contributed by atoms with van der Waals surface area (Å²) in [5.41, 5.74) is 1.51. The quantitative estimate of drug-likeness (QED) is 0.600. The molecule has 3 aromatic rings. The average molecular weight is 386 g/mol. The van der Waals surface area contributed by atoms with Crippen LogP contribution < -0.4 is 16.2 Å². The highest BCUT2D eigenvalue weighted by Crippen LogP contribution is 2.35. The number of hydrogen-bond donors (Lipinski definition) is 3. The molecular formula is C23H22N4O2. The lowest BCUT2D eigenvalue weighted by atomic mass is 9.98. The van der Waals surface area contributed by atoms with Crippen LogP contribution in [0.2, 0.25) is 0 Å². The molecule has 1 aromatic heterocycles. The van der Waals surface area contributed by atoms with Gasteiger partial charge in [0.25, 0.3) is 5.56 Å². The Morgan fingerprint density at radius 2 is 2.00 bits per heavy atom. The van der Waals surface area contributed by atoms with E-state index in [-0.39, 0.29) is 17.5 Å². The second-order valence-electron chi connectivity index (χ2n) is 8.19. The minimum atomic E-state index is -0.604. The van der Waals surface area contributed by atoms with Crippen LogP contribution in [0, 0.1) is 17.2 Å². The van der Waals surface area contributed by atoms with Crippen LogP contribution in [0.3, 0.4) is 0 Å². The highest BCUT2D eigenvalue weighted by atomic mass is 16.2. The number of amides is 1. The van der Waals surface area contributed by atoms with Gasteiger partial charge in [0.1, 0.15) is 6.04 Å². The van der Waals surface area contributed by atoms with Crippen LogP contribution >= 0.6 is 0 Å². The van der Waals surface area contributed by atoms with Crippen LogP contribution in [0.4, 0.5) is 0 Å². The molecule has 1 amide bonds. The van der Waals surface area contributed by atoms with Gasteiger partial charge in [-0.1, -0.05) is 30.3 Å². The number of pyridine rings is 1. The maximum Gasteiger partial charge on any atom is 0.256 e. The number of rotatable bonds is 4. The van der Waals surface area contributed by atoms with Crippen molar-refractivity contribution in [1.29, 1.82) is 5.26 Å². The van der Waals surface area contributed by atoms with Gasteiger partial charge in [0.15, 0.2) is 0 Å². The Morgan fingerprint density at radius 3 is 2.72 bits per heavy atom. The summed E-state index contributed by atoms with van der Waals surface area (Å²) in [6.45, 7) is 0. The monoisotopic (exact) mass is 386 g/mol. The zero-order valence-corrected chi connectivity index (χ0v) is 15.9. The number of aromatic nitrogens is 1. The lowest BCUT2D eigenvalue weighted by Gasteiger charge is -2.23. The lowest BCUT2D eigenvalue weighted by Crippen LogP contribution is -2.50. The molecule has 2 bridgehead atoms. The third-order valence-corrected chi connectivity index (χ3v) is 6.35. The number of H-pyrrole nitrogens is 1. The third kappa shape index (κ3) is 3.18. The van der Waals surface area contributed by atoms with Gasteiger partial charge in [0.2, 0.25) is 5.91 Å². The van der Waals surface area contributed by atoms with E-state index in [1.54, 1.807) is 0 Å². The Morgan fingerprint density at radius 1 is 1.17 bits per heavy atom. The number of nitrogens with zero attached hydrogens (tertiary/aromatic N) is 1. The second kappa shape index (κ2) is 7.02. The Bertz CT molecular complexity index is 1210. The van der Waals surface area contributed by atoms with Crippen LogP contribution in [-0.4, -0.2) is 29.0 Å². The van der Waals surface area contributed by atoms with Crippen LogP contribution in [0.25, 0.3) is 21.7 Å². The summed E-state index contributed by atoms with van der Waals surface area (Å²) in [6, 6.07) is 15.2. The Balaban J connectivity index is 1.37. The number of aromatic amines is 1. The van der Waals surface area contributed by atoms with Gasteiger partial charge in [-0.3, -0.25) is 9.59 Å². The van der Waals surface area contributed by atoms with E-state index < -0.39 is 6.04 Å². The third-order valence-electron chi connectivity index (χ3n) is 6.35. The summed E-state index contributed by atoms with van der Waals surface area (Å²) >= 11 is 0. The first kappa shape index (κ1) is 17.9. The predicted octanol–water partition coefficient (Wildman–Crippen LogP) is 2.37. The van der Waals surface area contributed by atoms with Gasteiger partial charge in [-0.05, 0) is 48.3 Å². The first-order valence-electron chi connectivity index (χ1n) is 10.1. The number of nitriles is 1. The first-order chi connectivity index (χ1) is 14.1. The molecular weight excluding hydrogens is 364 g/mol. The summed E-state index contributed by atoms with van der Waals surface area (Å²) in [7, 11) is 0. The molecule has 1 saturated heterocycles. The second-order valence-corrected chi connectivity index (χ2v) is 8.19. The van der Waals surface area contributed by atoms with Crippen LogP contribution in [-0.2, 0) is 11.2 Å². The van der Waals surface area contributed by atoms with Gasteiger partial charge in [0.05, 0.1) is 12.1 Å². The zero-order chi connectivity index (χ0) is 20.0. The molecule has 2 unspecified atom stereocenters. The van der Waals surface area contributed by atoms with Gasteiger partial charge >= 0.3 is 0 Å². The molecule has 0 spiro atoms. The molecule has 2 heterocycles. The Hall–Kier alpha value is -3.17. The first-order valence-corrected chi connectivity index (χ1v) is 10.1. The highest BCUT2D eigenvalue weighted by molar-refractivity contribution is 6.05. The largest absolute Gasteiger partial charge is 0.339 e. The van der Waals surface area contributed by atoms with Crippen molar-refractivity contribution < 1.29 is 4.79 Å². The maximum atomic E-state index is 12.6. The summed E-state index contributed by atoms with van der Waals surface area (Å²) in [5.74, 6) is 0.308. The number of piperidine rings is 1. The zero-order valence-electron chi connectivity index (χ0n) is 15.9. The number of carbonyl (C=O) groups is 1. The van der Waals surface area contributed by atoms with Crippen molar-refractivity contribution in [2.45, 2.75) is 43.8 Å². The molecule has 29 heavy (non-hydrogen) atoms. The Labute approximate surface area is 167 Å². The van der Waals surface area contributed by atoms with E-state index in [9.17, 15) is 14.9 Å². The van der Waals surface area contributed by atoms with Crippen molar-refractivity contribution >= 4 is 27.6 Å².